The number of benzene rings is 2. The van der Waals surface area contributed by atoms with E-state index in [1.807, 2.05) is 73.8 Å². The lowest BCUT2D eigenvalue weighted by Gasteiger charge is -2.25. The summed E-state index contributed by atoms with van der Waals surface area (Å²) in [5, 5.41) is 1.04. The Morgan fingerprint density at radius 2 is 1.94 bits per heavy atom. The lowest BCUT2D eigenvalue weighted by molar-refractivity contribution is -0.136. The first-order chi connectivity index (χ1) is 15.6. The van der Waals surface area contributed by atoms with Crippen molar-refractivity contribution >= 4 is 34.3 Å². The molecule has 1 atom stereocenters. The number of aromatic amines is 1. The molecule has 1 aliphatic heterocycles. The molecule has 5 rings (SSSR count). The number of hydrogen-bond acceptors (Lipinski definition) is 5. The van der Waals surface area contributed by atoms with Gasteiger partial charge in [0.25, 0.3) is 5.56 Å². The zero-order valence-corrected chi connectivity index (χ0v) is 18.5. The molecule has 1 N–H and O–H groups in total. The summed E-state index contributed by atoms with van der Waals surface area (Å²) >= 11 is 1.34. The number of nitrogens with one attached hydrogen (secondary N) is 1. The third-order valence-electron chi connectivity index (χ3n) is 5.67. The molecule has 2 aromatic carbocycles. The number of thiazole rings is 1. The van der Waals surface area contributed by atoms with Crippen molar-refractivity contribution < 1.29 is 9.53 Å². The third kappa shape index (κ3) is 3.22. The van der Waals surface area contributed by atoms with Crippen LogP contribution in [0.1, 0.15) is 30.5 Å². The summed E-state index contributed by atoms with van der Waals surface area (Å²) < 4.78 is 7.27. The van der Waals surface area contributed by atoms with Crippen LogP contribution in [0.5, 0.6) is 0 Å². The molecule has 6 nitrogen and oxygen atoms in total. The zero-order chi connectivity index (χ0) is 22.2. The smallest absolute Gasteiger partial charge is 0.338 e. The van der Waals surface area contributed by atoms with Gasteiger partial charge in [0.1, 0.15) is 0 Å². The van der Waals surface area contributed by atoms with Gasteiger partial charge in [-0.25, -0.2) is 9.79 Å². The molecular weight excluding hydrogens is 422 g/mol. The van der Waals surface area contributed by atoms with E-state index in [9.17, 15) is 9.59 Å². The standard InChI is InChI=1S/C25H21N3O3S/c1-3-18-21(24(30)31-2)22(15-9-5-4-6-10-15)28-23(29)20(32-25(28)27-18)13-16-14-26-19-12-8-7-11-17(16)19/h4-14,22,26H,3H2,1-2H3/b20-13-/t22-/m1/s1. The molecule has 0 amide bonds. The number of hydrogen-bond donors (Lipinski definition) is 1. The molecule has 2 aromatic heterocycles. The number of nitrogens with zero attached hydrogens (tertiary/aromatic N) is 2. The topological polar surface area (TPSA) is 76.5 Å². The molecule has 32 heavy (non-hydrogen) atoms. The monoisotopic (exact) mass is 443 g/mol. The van der Waals surface area contributed by atoms with Gasteiger partial charge >= 0.3 is 5.97 Å². The molecule has 0 saturated carbocycles. The molecule has 0 spiro atoms. The predicted molar refractivity (Wildman–Crippen MR) is 125 cm³/mol. The number of ether oxygens (including phenoxy) is 1. The average Bonchev–Trinajstić information content (AvgIpc) is 3.39. The highest BCUT2D eigenvalue weighted by atomic mass is 32.1. The molecule has 160 valence electrons. The SMILES string of the molecule is CCC1=C(C(=O)OC)[C@@H](c2ccccc2)n2c(s/c(=C\c3c[nH]c4ccccc34)c2=O)=N1. The molecule has 3 heterocycles. The summed E-state index contributed by atoms with van der Waals surface area (Å²) in [7, 11) is 1.35. The van der Waals surface area contributed by atoms with E-state index in [2.05, 4.69) is 4.98 Å². The maximum atomic E-state index is 13.6. The lowest BCUT2D eigenvalue weighted by atomic mass is 9.95. The Morgan fingerprint density at radius 1 is 1.19 bits per heavy atom. The van der Waals surface area contributed by atoms with Crippen molar-refractivity contribution in [2.45, 2.75) is 19.4 Å². The van der Waals surface area contributed by atoms with Gasteiger partial charge in [0.2, 0.25) is 0 Å². The first-order valence-corrected chi connectivity index (χ1v) is 11.2. The van der Waals surface area contributed by atoms with Crippen molar-refractivity contribution in [3.8, 4) is 0 Å². The molecule has 0 saturated heterocycles. The minimum atomic E-state index is -0.583. The number of rotatable bonds is 4. The van der Waals surface area contributed by atoms with Gasteiger partial charge in [-0.2, -0.15) is 0 Å². The van der Waals surface area contributed by atoms with Gasteiger partial charge < -0.3 is 9.72 Å². The van der Waals surface area contributed by atoms with Crippen LogP contribution < -0.4 is 14.9 Å². The van der Waals surface area contributed by atoms with E-state index in [0.717, 1.165) is 22.0 Å². The van der Waals surface area contributed by atoms with Crippen molar-refractivity contribution in [3.63, 3.8) is 0 Å². The molecule has 0 bridgehead atoms. The summed E-state index contributed by atoms with van der Waals surface area (Å²) in [6, 6.07) is 16.9. The normalized spacial score (nSPS) is 16.2. The molecule has 0 radical (unpaired) electrons. The van der Waals surface area contributed by atoms with E-state index in [-0.39, 0.29) is 5.56 Å². The van der Waals surface area contributed by atoms with E-state index in [1.165, 1.54) is 18.4 Å². The summed E-state index contributed by atoms with van der Waals surface area (Å²) in [4.78, 5) is 34.9. The summed E-state index contributed by atoms with van der Waals surface area (Å²) in [5.41, 5.74) is 3.66. The first kappa shape index (κ1) is 20.2. The van der Waals surface area contributed by atoms with Gasteiger partial charge in [-0.05, 0) is 24.1 Å². The minimum Gasteiger partial charge on any atom is -0.466 e. The number of H-pyrrole nitrogens is 1. The number of para-hydroxylation sites is 1. The van der Waals surface area contributed by atoms with Gasteiger partial charge in [-0.15, -0.1) is 0 Å². The molecule has 0 aliphatic carbocycles. The number of allylic oxidation sites excluding steroid dienone is 1. The van der Waals surface area contributed by atoms with Crippen LogP contribution in [-0.2, 0) is 9.53 Å². The van der Waals surface area contributed by atoms with Crippen molar-refractivity contribution in [3.05, 3.63) is 103 Å². The molecular formula is C25H21N3O3S. The number of methoxy groups -OCH3 is 1. The van der Waals surface area contributed by atoms with Crippen LogP contribution in [0.4, 0.5) is 0 Å². The van der Waals surface area contributed by atoms with Crippen molar-refractivity contribution in [2.24, 2.45) is 4.99 Å². The Balaban J connectivity index is 1.78. The van der Waals surface area contributed by atoms with Crippen LogP contribution in [0.2, 0.25) is 0 Å². The number of esters is 1. The van der Waals surface area contributed by atoms with E-state index in [1.54, 1.807) is 4.57 Å². The molecule has 0 unspecified atom stereocenters. The number of carbonyl (C=O) groups is 1. The largest absolute Gasteiger partial charge is 0.466 e. The maximum absolute atomic E-state index is 13.6. The third-order valence-corrected chi connectivity index (χ3v) is 6.66. The molecule has 0 fully saturated rings. The average molecular weight is 444 g/mol. The van der Waals surface area contributed by atoms with E-state index < -0.39 is 12.0 Å². The lowest BCUT2D eigenvalue weighted by Crippen LogP contribution is -2.40. The Labute approximate surface area is 187 Å². The Hall–Kier alpha value is -3.71. The quantitative estimate of drug-likeness (QED) is 0.492. The fourth-order valence-electron chi connectivity index (χ4n) is 4.17. The highest BCUT2D eigenvalue weighted by Gasteiger charge is 2.33. The van der Waals surface area contributed by atoms with Crippen molar-refractivity contribution in [1.82, 2.24) is 9.55 Å². The van der Waals surface area contributed by atoms with Crippen LogP contribution in [0.15, 0.2) is 81.9 Å². The number of carbonyl (C=O) groups excluding carboxylic acids is 1. The number of fused-ring (bicyclic) bond motifs is 2. The van der Waals surface area contributed by atoms with E-state index in [4.69, 9.17) is 9.73 Å². The highest BCUT2D eigenvalue weighted by molar-refractivity contribution is 7.07. The van der Waals surface area contributed by atoms with E-state index in [0.29, 0.717) is 27.0 Å². The van der Waals surface area contributed by atoms with Gasteiger partial charge in [-0.3, -0.25) is 9.36 Å². The van der Waals surface area contributed by atoms with Gasteiger partial charge in [0.15, 0.2) is 4.80 Å². The first-order valence-electron chi connectivity index (χ1n) is 10.4. The Kier molecular flexibility index (Phi) is 5.11. The van der Waals surface area contributed by atoms with E-state index >= 15 is 0 Å². The van der Waals surface area contributed by atoms with Crippen LogP contribution in [0.3, 0.4) is 0 Å². The number of aromatic nitrogens is 2. The zero-order valence-electron chi connectivity index (χ0n) is 17.7. The van der Waals surface area contributed by atoms with Crippen LogP contribution in [0.25, 0.3) is 17.0 Å². The second-order valence-corrected chi connectivity index (χ2v) is 8.50. The fourth-order valence-corrected chi connectivity index (χ4v) is 5.18. The minimum absolute atomic E-state index is 0.176. The van der Waals surface area contributed by atoms with Crippen molar-refractivity contribution in [1.29, 1.82) is 0 Å². The van der Waals surface area contributed by atoms with Crippen LogP contribution >= 0.6 is 11.3 Å². The highest BCUT2D eigenvalue weighted by Crippen LogP contribution is 2.31. The van der Waals surface area contributed by atoms with Crippen LogP contribution in [-0.4, -0.2) is 22.6 Å². The Bertz CT molecular complexity index is 1540. The van der Waals surface area contributed by atoms with Crippen molar-refractivity contribution in [2.75, 3.05) is 7.11 Å². The second kappa shape index (κ2) is 8.09. The van der Waals surface area contributed by atoms with Gasteiger partial charge in [-0.1, -0.05) is 66.8 Å². The second-order valence-electron chi connectivity index (χ2n) is 7.49. The molecule has 7 heteroatoms. The van der Waals surface area contributed by atoms with Crippen LogP contribution in [0, 0.1) is 0 Å². The maximum Gasteiger partial charge on any atom is 0.338 e. The van der Waals surface area contributed by atoms with Gasteiger partial charge in [0.05, 0.1) is 29.0 Å². The summed E-state index contributed by atoms with van der Waals surface area (Å²) in [6.07, 6.45) is 4.34. The predicted octanol–water partition coefficient (Wildman–Crippen LogP) is 3.28. The molecule has 1 aliphatic rings. The Morgan fingerprint density at radius 3 is 2.69 bits per heavy atom. The molecule has 4 aromatic rings. The summed E-state index contributed by atoms with van der Waals surface area (Å²) in [6.45, 7) is 1.95. The summed E-state index contributed by atoms with van der Waals surface area (Å²) in [5.74, 6) is -0.467. The fraction of sp³-hybridized carbons (Fsp3) is 0.160. The van der Waals surface area contributed by atoms with Gasteiger partial charge in [0, 0.05) is 22.7 Å².